The van der Waals surface area contributed by atoms with Gasteiger partial charge >= 0.3 is 0 Å². The van der Waals surface area contributed by atoms with E-state index in [0.717, 1.165) is 25.9 Å². The second kappa shape index (κ2) is 6.56. The van der Waals surface area contributed by atoms with Crippen LogP contribution in [0.5, 0.6) is 0 Å². The van der Waals surface area contributed by atoms with E-state index >= 15 is 0 Å². The lowest BCUT2D eigenvalue weighted by molar-refractivity contribution is -0.146. The number of piperidine rings is 1. The SMILES string of the molecule is COC(C)C(=O)N(CC(N)=O)C1CCNCC1. The van der Waals surface area contributed by atoms with Gasteiger partial charge in [0.25, 0.3) is 5.91 Å². The van der Waals surface area contributed by atoms with Crippen LogP contribution < -0.4 is 11.1 Å². The molecule has 1 heterocycles. The van der Waals surface area contributed by atoms with E-state index in [0.29, 0.717) is 0 Å². The van der Waals surface area contributed by atoms with Crippen molar-refractivity contribution in [2.75, 3.05) is 26.7 Å². The van der Waals surface area contributed by atoms with E-state index in [1.54, 1.807) is 11.8 Å². The van der Waals surface area contributed by atoms with Gasteiger partial charge in [0.05, 0.1) is 6.54 Å². The number of methoxy groups -OCH3 is 1. The van der Waals surface area contributed by atoms with E-state index in [1.165, 1.54) is 7.11 Å². The van der Waals surface area contributed by atoms with Crippen LogP contribution >= 0.6 is 0 Å². The summed E-state index contributed by atoms with van der Waals surface area (Å²) in [4.78, 5) is 24.7. The Morgan fingerprint density at radius 2 is 2.06 bits per heavy atom. The molecule has 1 atom stereocenters. The molecular weight excluding hydrogens is 222 g/mol. The van der Waals surface area contributed by atoms with E-state index in [9.17, 15) is 9.59 Å². The molecule has 0 saturated carbocycles. The van der Waals surface area contributed by atoms with Crippen molar-refractivity contribution in [2.45, 2.75) is 31.9 Å². The highest BCUT2D eigenvalue weighted by Crippen LogP contribution is 2.13. The highest BCUT2D eigenvalue weighted by molar-refractivity contribution is 5.86. The summed E-state index contributed by atoms with van der Waals surface area (Å²) in [7, 11) is 1.48. The van der Waals surface area contributed by atoms with Crippen molar-refractivity contribution in [1.29, 1.82) is 0 Å². The molecule has 6 nitrogen and oxygen atoms in total. The first-order chi connectivity index (χ1) is 8.06. The molecule has 0 aromatic heterocycles. The van der Waals surface area contributed by atoms with Crippen molar-refractivity contribution >= 4 is 11.8 Å². The Morgan fingerprint density at radius 1 is 1.47 bits per heavy atom. The molecule has 1 fully saturated rings. The molecule has 2 amide bonds. The molecule has 1 aliphatic heterocycles. The topological polar surface area (TPSA) is 84.7 Å². The highest BCUT2D eigenvalue weighted by atomic mass is 16.5. The van der Waals surface area contributed by atoms with Crippen LogP contribution in [0.3, 0.4) is 0 Å². The Hall–Kier alpha value is -1.14. The number of ether oxygens (including phenoxy) is 1. The summed E-state index contributed by atoms with van der Waals surface area (Å²) in [6.45, 7) is 3.36. The Balaban J connectivity index is 2.70. The average Bonchev–Trinajstić information content (AvgIpc) is 2.35. The second-order valence-corrected chi connectivity index (χ2v) is 4.29. The van der Waals surface area contributed by atoms with Crippen LogP contribution in [0.15, 0.2) is 0 Å². The van der Waals surface area contributed by atoms with E-state index < -0.39 is 12.0 Å². The molecule has 0 aliphatic carbocycles. The lowest BCUT2D eigenvalue weighted by Gasteiger charge is -2.35. The lowest BCUT2D eigenvalue weighted by Crippen LogP contribution is -2.52. The molecule has 0 spiro atoms. The minimum atomic E-state index is -0.538. The van der Waals surface area contributed by atoms with Gasteiger partial charge in [-0.25, -0.2) is 0 Å². The molecule has 1 aliphatic rings. The molecule has 0 radical (unpaired) electrons. The van der Waals surface area contributed by atoms with Crippen LogP contribution in [-0.4, -0.2) is 55.6 Å². The smallest absolute Gasteiger partial charge is 0.252 e. The highest BCUT2D eigenvalue weighted by Gasteiger charge is 2.29. The monoisotopic (exact) mass is 243 g/mol. The number of hydrogen-bond donors (Lipinski definition) is 2. The number of carbonyl (C=O) groups is 2. The number of amides is 2. The largest absolute Gasteiger partial charge is 0.372 e. The molecule has 3 N–H and O–H groups in total. The van der Waals surface area contributed by atoms with E-state index in [4.69, 9.17) is 10.5 Å². The molecule has 6 heteroatoms. The van der Waals surface area contributed by atoms with Gasteiger partial charge in [-0.2, -0.15) is 0 Å². The number of rotatable bonds is 5. The fourth-order valence-electron chi connectivity index (χ4n) is 2.01. The van der Waals surface area contributed by atoms with Gasteiger partial charge in [-0.3, -0.25) is 9.59 Å². The summed E-state index contributed by atoms with van der Waals surface area (Å²) in [5, 5.41) is 3.22. The summed E-state index contributed by atoms with van der Waals surface area (Å²) in [6, 6.07) is 0.0776. The normalized spacial score (nSPS) is 18.7. The zero-order valence-corrected chi connectivity index (χ0v) is 10.4. The summed E-state index contributed by atoms with van der Waals surface area (Å²) in [5.41, 5.74) is 5.19. The fraction of sp³-hybridized carbons (Fsp3) is 0.818. The number of nitrogens with one attached hydrogen (secondary N) is 1. The van der Waals surface area contributed by atoms with Crippen LogP contribution in [-0.2, 0) is 14.3 Å². The number of nitrogens with zero attached hydrogens (tertiary/aromatic N) is 1. The standard InChI is InChI=1S/C11H21N3O3/c1-8(17-2)11(16)14(7-10(12)15)9-3-5-13-6-4-9/h8-9,13H,3-7H2,1-2H3,(H2,12,15). The zero-order valence-electron chi connectivity index (χ0n) is 10.4. The van der Waals surface area contributed by atoms with E-state index in [2.05, 4.69) is 5.32 Å². The third kappa shape index (κ3) is 3.98. The van der Waals surface area contributed by atoms with Crippen molar-refractivity contribution in [3.05, 3.63) is 0 Å². The first-order valence-corrected chi connectivity index (χ1v) is 5.88. The van der Waals surface area contributed by atoms with Gasteiger partial charge in [-0.05, 0) is 32.9 Å². The maximum atomic E-state index is 12.1. The van der Waals surface area contributed by atoms with Crippen molar-refractivity contribution in [3.63, 3.8) is 0 Å². The van der Waals surface area contributed by atoms with Crippen molar-refractivity contribution in [3.8, 4) is 0 Å². The van der Waals surface area contributed by atoms with Gasteiger partial charge in [0.2, 0.25) is 5.91 Å². The first-order valence-electron chi connectivity index (χ1n) is 5.88. The number of hydrogen-bond acceptors (Lipinski definition) is 4. The van der Waals surface area contributed by atoms with E-state index in [-0.39, 0.29) is 18.5 Å². The van der Waals surface area contributed by atoms with Gasteiger partial charge in [0.1, 0.15) is 6.10 Å². The Bertz CT molecular complexity index is 277. The number of primary amides is 1. The zero-order chi connectivity index (χ0) is 12.8. The number of carbonyl (C=O) groups excluding carboxylic acids is 2. The van der Waals surface area contributed by atoms with Gasteiger partial charge in [0.15, 0.2) is 0 Å². The summed E-state index contributed by atoms with van der Waals surface area (Å²) in [5.74, 6) is -0.654. The molecule has 1 rings (SSSR count). The average molecular weight is 243 g/mol. The molecule has 1 saturated heterocycles. The molecule has 98 valence electrons. The quantitative estimate of drug-likeness (QED) is 0.654. The van der Waals surface area contributed by atoms with Crippen LogP contribution in [0, 0.1) is 0 Å². The molecular formula is C11H21N3O3. The number of nitrogens with two attached hydrogens (primary N) is 1. The second-order valence-electron chi connectivity index (χ2n) is 4.29. The molecule has 0 bridgehead atoms. The van der Waals surface area contributed by atoms with Crippen LogP contribution in [0.25, 0.3) is 0 Å². The summed E-state index contributed by atoms with van der Waals surface area (Å²) in [6.07, 6.45) is 1.15. The Morgan fingerprint density at radius 3 is 2.53 bits per heavy atom. The van der Waals surface area contributed by atoms with Crippen LogP contribution in [0.1, 0.15) is 19.8 Å². The summed E-state index contributed by atoms with van der Waals surface area (Å²) < 4.78 is 5.01. The predicted octanol–water partition coefficient (Wildman–Crippen LogP) is -0.913. The Labute approximate surface area is 101 Å². The first kappa shape index (κ1) is 13.9. The maximum Gasteiger partial charge on any atom is 0.252 e. The van der Waals surface area contributed by atoms with Gasteiger partial charge in [-0.15, -0.1) is 0 Å². The molecule has 0 aromatic carbocycles. The molecule has 17 heavy (non-hydrogen) atoms. The Kier molecular flexibility index (Phi) is 5.37. The lowest BCUT2D eigenvalue weighted by atomic mass is 10.0. The van der Waals surface area contributed by atoms with E-state index in [1.807, 2.05) is 0 Å². The van der Waals surface area contributed by atoms with Crippen molar-refractivity contribution < 1.29 is 14.3 Å². The van der Waals surface area contributed by atoms with Crippen molar-refractivity contribution in [1.82, 2.24) is 10.2 Å². The minimum absolute atomic E-state index is 0.0306. The molecule has 1 unspecified atom stereocenters. The van der Waals surface area contributed by atoms with Gasteiger partial charge < -0.3 is 20.7 Å². The third-order valence-corrected chi connectivity index (χ3v) is 3.06. The minimum Gasteiger partial charge on any atom is -0.372 e. The fourth-order valence-corrected chi connectivity index (χ4v) is 2.01. The van der Waals surface area contributed by atoms with Gasteiger partial charge in [0, 0.05) is 13.2 Å². The predicted molar refractivity (Wildman–Crippen MR) is 63.3 cm³/mol. The molecule has 0 aromatic rings. The van der Waals surface area contributed by atoms with Crippen LogP contribution in [0.4, 0.5) is 0 Å². The third-order valence-electron chi connectivity index (χ3n) is 3.06. The van der Waals surface area contributed by atoms with Crippen LogP contribution in [0.2, 0.25) is 0 Å². The van der Waals surface area contributed by atoms with Crippen molar-refractivity contribution in [2.24, 2.45) is 5.73 Å². The van der Waals surface area contributed by atoms with Gasteiger partial charge in [-0.1, -0.05) is 0 Å². The summed E-state index contributed by atoms with van der Waals surface area (Å²) >= 11 is 0. The maximum absolute atomic E-state index is 12.1.